The first-order valence-electron chi connectivity index (χ1n) is 8.23. The van der Waals surface area contributed by atoms with Gasteiger partial charge in [0.1, 0.15) is 5.75 Å². The van der Waals surface area contributed by atoms with Crippen LogP contribution in [0.15, 0.2) is 43.0 Å². The molecule has 5 nitrogen and oxygen atoms in total. The molecule has 1 aliphatic rings. The molecular formula is C18H23N3O2. The van der Waals surface area contributed by atoms with Crippen LogP contribution in [0.25, 0.3) is 0 Å². The fourth-order valence-corrected chi connectivity index (χ4v) is 2.69. The molecular weight excluding hydrogens is 290 g/mol. The molecule has 0 saturated heterocycles. The van der Waals surface area contributed by atoms with Crippen molar-refractivity contribution in [3.63, 3.8) is 0 Å². The maximum Gasteiger partial charge on any atom is 0.224 e. The highest BCUT2D eigenvalue weighted by molar-refractivity contribution is 5.76. The van der Waals surface area contributed by atoms with E-state index in [1.807, 2.05) is 40.8 Å². The van der Waals surface area contributed by atoms with E-state index in [0.717, 1.165) is 24.2 Å². The minimum atomic E-state index is 0.211. The van der Waals surface area contributed by atoms with Crippen molar-refractivity contribution in [1.29, 1.82) is 0 Å². The summed E-state index contributed by atoms with van der Waals surface area (Å²) in [6, 6.07) is 8.43. The second kappa shape index (κ2) is 7.31. The Morgan fingerprint density at radius 1 is 1.43 bits per heavy atom. The number of carbonyl (C=O) groups excluding carboxylic acids is 1. The normalized spacial score (nSPS) is 13.8. The predicted molar refractivity (Wildman–Crippen MR) is 88.0 cm³/mol. The molecule has 3 rings (SSSR count). The van der Waals surface area contributed by atoms with Crippen LogP contribution >= 0.6 is 0 Å². The van der Waals surface area contributed by atoms with Crippen molar-refractivity contribution in [3.8, 4) is 5.75 Å². The van der Waals surface area contributed by atoms with Crippen LogP contribution in [0.2, 0.25) is 0 Å². The van der Waals surface area contributed by atoms with Gasteiger partial charge in [-0.05, 0) is 37.5 Å². The molecule has 0 N–H and O–H groups in total. The number of rotatable bonds is 8. The van der Waals surface area contributed by atoms with Gasteiger partial charge in [-0.3, -0.25) is 4.79 Å². The van der Waals surface area contributed by atoms with Crippen molar-refractivity contribution in [2.45, 2.75) is 45.3 Å². The van der Waals surface area contributed by atoms with Crippen LogP contribution in [-0.4, -0.2) is 33.0 Å². The first kappa shape index (κ1) is 15.6. The third-order valence-corrected chi connectivity index (χ3v) is 4.01. The van der Waals surface area contributed by atoms with Crippen molar-refractivity contribution in [2.24, 2.45) is 0 Å². The fraction of sp³-hybridized carbons (Fsp3) is 0.444. The van der Waals surface area contributed by atoms with E-state index in [1.54, 1.807) is 12.5 Å². The number of aryl methyl sites for hydroxylation is 1. The molecule has 2 aromatic rings. The highest BCUT2D eigenvalue weighted by Crippen LogP contribution is 2.29. The Hall–Kier alpha value is -2.30. The number of nitrogens with zero attached hydrogens (tertiary/aromatic N) is 3. The Kier molecular flexibility index (Phi) is 4.95. The fourth-order valence-electron chi connectivity index (χ4n) is 2.69. The van der Waals surface area contributed by atoms with Gasteiger partial charge in [0.15, 0.2) is 0 Å². The molecule has 1 heterocycles. The highest BCUT2D eigenvalue weighted by atomic mass is 16.5. The predicted octanol–water partition coefficient (Wildman–Crippen LogP) is 2.86. The van der Waals surface area contributed by atoms with E-state index in [0.29, 0.717) is 32.2 Å². The van der Waals surface area contributed by atoms with E-state index in [9.17, 15) is 4.79 Å². The third kappa shape index (κ3) is 4.34. The van der Waals surface area contributed by atoms with Gasteiger partial charge in [0.2, 0.25) is 5.91 Å². The van der Waals surface area contributed by atoms with E-state index in [-0.39, 0.29) is 5.91 Å². The first-order chi connectivity index (χ1) is 11.3. The summed E-state index contributed by atoms with van der Waals surface area (Å²) in [5, 5.41) is 0. The summed E-state index contributed by atoms with van der Waals surface area (Å²) in [6.07, 6.45) is 8.12. The monoisotopic (exact) mass is 313 g/mol. The lowest BCUT2D eigenvalue weighted by Crippen LogP contribution is -2.33. The first-order valence-corrected chi connectivity index (χ1v) is 8.23. The van der Waals surface area contributed by atoms with Crippen molar-refractivity contribution >= 4 is 5.91 Å². The standard InChI is InChI=1S/C18H23N3O2/c1-2-23-17-5-3-4-15(12-17)13-21(16-6-7-16)18(22)8-10-20-11-9-19-14-20/h3-5,9,11-12,14,16H,2,6-8,10,13H2,1H3. The maximum absolute atomic E-state index is 12.6. The Morgan fingerprint density at radius 2 is 2.30 bits per heavy atom. The number of ether oxygens (including phenoxy) is 1. The average molecular weight is 313 g/mol. The van der Waals surface area contributed by atoms with Gasteiger partial charge >= 0.3 is 0 Å². The molecule has 5 heteroatoms. The van der Waals surface area contributed by atoms with Crippen LogP contribution < -0.4 is 4.74 Å². The van der Waals surface area contributed by atoms with Gasteiger partial charge in [-0.1, -0.05) is 12.1 Å². The number of benzene rings is 1. The van der Waals surface area contributed by atoms with Gasteiger partial charge in [-0.15, -0.1) is 0 Å². The third-order valence-electron chi connectivity index (χ3n) is 4.01. The Morgan fingerprint density at radius 3 is 3.00 bits per heavy atom. The molecule has 0 bridgehead atoms. The zero-order valence-corrected chi connectivity index (χ0v) is 13.5. The van der Waals surface area contributed by atoms with Gasteiger partial charge in [-0.2, -0.15) is 0 Å². The molecule has 1 aromatic heterocycles. The van der Waals surface area contributed by atoms with Crippen molar-refractivity contribution in [2.75, 3.05) is 6.61 Å². The largest absolute Gasteiger partial charge is 0.494 e. The van der Waals surface area contributed by atoms with Gasteiger partial charge < -0.3 is 14.2 Å². The molecule has 122 valence electrons. The van der Waals surface area contributed by atoms with Gasteiger partial charge in [0.05, 0.1) is 12.9 Å². The van der Waals surface area contributed by atoms with Crippen LogP contribution in [0.5, 0.6) is 5.75 Å². The molecule has 0 radical (unpaired) electrons. The maximum atomic E-state index is 12.6. The van der Waals surface area contributed by atoms with Crippen LogP contribution in [0.4, 0.5) is 0 Å². The number of hydrogen-bond donors (Lipinski definition) is 0. The number of carbonyl (C=O) groups is 1. The van der Waals surface area contributed by atoms with Crippen LogP contribution in [0.3, 0.4) is 0 Å². The number of amides is 1. The molecule has 0 aliphatic heterocycles. The summed E-state index contributed by atoms with van der Waals surface area (Å²) >= 11 is 0. The lowest BCUT2D eigenvalue weighted by molar-refractivity contribution is -0.132. The zero-order chi connectivity index (χ0) is 16.1. The number of aromatic nitrogens is 2. The van der Waals surface area contributed by atoms with Crippen LogP contribution in [0, 0.1) is 0 Å². The Labute approximate surface area is 136 Å². The van der Waals surface area contributed by atoms with Gasteiger partial charge in [0.25, 0.3) is 0 Å². The van der Waals surface area contributed by atoms with E-state index in [1.165, 1.54) is 0 Å². The molecule has 0 unspecified atom stereocenters. The minimum Gasteiger partial charge on any atom is -0.494 e. The highest BCUT2D eigenvalue weighted by Gasteiger charge is 2.32. The molecule has 1 saturated carbocycles. The smallest absolute Gasteiger partial charge is 0.224 e. The van der Waals surface area contributed by atoms with Crippen molar-refractivity contribution < 1.29 is 9.53 Å². The molecule has 23 heavy (non-hydrogen) atoms. The van der Waals surface area contributed by atoms with E-state index in [2.05, 4.69) is 11.1 Å². The average Bonchev–Trinajstić information content (AvgIpc) is 3.26. The van der Waals surface area contributed by atoms with Crippen LogP contribution in [-0.2, 0) is 17.9 Å². The Bertz CT molecular complexity index is 635. The van der Waals surface area contributed by atoms with Gasteiger partial charge in [-0.25, -0.2) is 4.98 Å². The SMILES string of the molecule is CCOc1cccc(CN(C(=O)CCn2ccnc2)C2CC2)c1. The van der Waals surface area contributed by atoms with E-state index >= 15 is 0 Å². The summed E-state index contributed by atoms with van der Waals surface area (Å²) < 4.78 is 7.49. The van der Waals surface area contributed by atoms with Crippen LogP contribution in [0.1, 0.15) is 31.7 Å². The number of hydrogen-bond acceptors (Lipinski definition) is 3. The van der Waals surface area contributed by atoms with Crippen molar-refractivity contribution in [3.05, 3.63) is 48.5 Å². The molecule has 1 aromatic carbocycles. The Balaban J connectivity index is 1.62. The molecule has 1 amide bonds. The van der Waals surface area contributed by atoms with Crippen molar-refractivity contribution in [1.82, 2.24) is 14.5 Å². The summed E-state index contributed by atoms with van der Waals surface area (Å²) in [5.74, 6) is 1.08. The second-order valence-corrected chi connectivity index (χ2v) is 5.88. The summed E-state index contributed by atoms with van der Waals surface area (Å²) in [6.45, 7) is 3.97. The topological polar surface area (TPSA) is 47.4 Å². The molecule has 1 fully saturated rings. The summed E-state index contributed by atoms with van der Waals surface area (Å²) in [5.41, 5.74) is 1.12. The number of imidazole rings is 1. The van der Waals surface area contributed by atoms with Gasteiger partial charge in [0, 0.05) is 37.9 Å². The summed E-state index contributed by atoms with van der Waals surface area (Å²) in [4.78, 5) is 18.6. The second-order valence-electron chi connectivity index (χ2n) is 5.88. The molecule has 0 atom stereocenters. The molecule has 1 aliphatic carbocycles. The van der Waals surface area contributed by atoms with E-state index in [4.69, 9.17) is 4.74 Å². The lowest BCUT2D eigenvalue weighted by Gasteiger charge is -2.23. The quantitative estimate of drug-likeness (QED) is 0.753. The molecule has 0 spiro atoms. The lowest BCUT2D eigenvalue weighted by atomic mass is 10.2. The summed E-state index contributed by atoms with van der Waals surface area (Å²) in [7, 11) is 0. The minimum absolute atomic E-state index is 0.211. The van der Waals surface area contributed by atoms with E-state index < -0.39 is 0 Å². The zero-order valence-electron chi connectivity index (χ0n) is 13.5.